The zero-order valence-electron chi connectivity index (χ0n) is 11.9. The van der Waals surface area contributed by atoms with Crippen LogP contribution in [0.25, 0.3) is 0 Å². The van der Waals surface area contributed by atoms with E-state index in [0.29, 0.717) is 16.0 Å². The number of thioether (sulfide) groups is 1. The number of nitrogens with zero attached hydrogens (tertiary/aromatic N) is 2. The zero-order valence-corrected chi connectivity index (χ0v) is 13.5. The summed E-state index contributed by atoms with van der Waals surface area (Å²) < 4.78 is 24.2. The largest absolute Gasteiger partial charge is 0.481 e. The molecule has 0 unspecified atom stereocenters. The van der Waals surface area contributed by atoms with Crippen molar-refractivity contribution in [1.82, 2.24) is 10.2 Å². The van der Waals surface area contributed by atoms with E-state index in [1.807, 2.05) is 24.3 Å². The number of benzene rings is 2. The van der Waals surface area contributed by atoms with Crippen LogP contribution in [-0.4, -0.2) is 10.2 Å². The molecule has 0 aliphatic carbocycles. The minimum atomic E-state index is -0.430. The minimum absolute atomic E-state index is 0.0145. The molecule has 0 bridgehead atoms. The lowest BCUT2D eigenvalue weighted by Gasteiger charge is -2.03. The number of rotatable bonds is 6. The van der Waals surface area contributed by atoms with Crippen molar-refractivity contribution in [2.75, 3.05) is 0 Å². The van der Waals surface area contributed by atoms with Gasteiger partial charge in [0.1, 0.15) is 0 Å². The molecule has 0 aliphatic rings. The summed E-state index contributed by atoms with van der Waals surface area (Å²) in [4.78, 5) is 0. The molecule has 3 aromatic rings. The average Bonchev–Trinajstić information content (AvgIpc) is 3.01. The molecule has 1 heterocycles. The number of hydrogen-bond acceptors (Lipinski definition) is 5. The van der Waals surface area contributed by atoms with Gasteiger partial charge in [0.2, 0.25) is 0 Å². The molecule has 0 N–H and O–H groups in total. The van der Waals surface area contributed by atoms with Crippen LogP contribution in [0, 0.1) is 5.82 Å². The summed E-state index contributed by atoms with van der Waals surface area (Å²) in [7, 11) is 0. The third-order valence-electron chi connectivity index (χ3n) is 2.95. The fraction of sp³-hybridized carbons (Fsp3) is 0.125. The van der Waals surface area contributed by atoms with Crippen LogP contribution in [0.3, 0.4) is 0 Å². The lowest BCUT2D eigenvalue weighted by molar-refractivity contribution is 0.242. The fourth-order valence-corrected chi connectivity index (χ4v) is 2.88. The van der Waals surface area contributed by atoms with Crippen molar-refractivity contribution in [3.63, 3.8) is 0 Å². The SMILES string of the molecule is Fc1ccccc1OCc1nnc(SCc2ccccc2Cl)o1. The molecule has 0 spiro atoms. The Morgan fingerprint density at radius 3 is 2.70 bits per heavy atom. The minimum Gasteiger partial charge on any atom is -0.481 e. The maximum absolute atomic E-state index is 13.4. The first kappa shape index (κ1) is 15.8. The third-order valence-corrected chi connectivity index (χ3v) is 4.18. The van der Waals surface area contributed by atoms with E-state index in [2.05, 4.69) is 10.2 Å². The van der Waals surface area contributed by atoms with Gasteiger partial charge in [0, 0.05) is 10.8 Å². The van der Waals surface area contributed by atoms with Crippen molar-refractivity contribution in [2.24, 2.45) is 0 Å². The van der Waals surface area contributed by atoms with Crippen LogP contribution in [0.4, 0.5) is 4.39 Å². The van der Waals surface area contributed by atoms with Gasteiger partial charge in [-0.25, -0.2) is 4.39 Å². The predicted octanol–water partition coefficient (Wildman–Crippen LogP) is 4.73. The molecular weight excluding hydrogens is 339 g/mol. The van der Waals surface area contributed by atoms with E-state index < -0.39 is 5.82 Å². The Balaban J connectivity index is 1.56. The molecule has 4 nitrogen and oxygen atoms in total. The van der Waals surface area contributed by atoms with E-state index in [-0.39, 0.29) is 18.2 Å². The molecule has 0 fully saturated rings. The van der Waals surface area contributed by atoms with E-state index in [1.165, 1.54) is 17.8 Å². The van der Waals surface area contributed by atoms with Crippen molar-refractivity contribution in [3.05, 3.63) is 70.8 Å². The quantitative estimate of drug-likeness (QED) is 0.601. The average molecular weight is 351 g/mol. The van der Waals surface area contributed by atoms with Gasteiger partial charge in [-0.1, -0.05) is 53.7 Å². The second kappa shape index (κ2) is 7.48. The van der Waals surface area contributed by atoms with Crippen LogP contribution in [0.5, 0.6) is 5.75 Å². The number of para-hydroxylation sites is 1. The molecule has 0 amide bonds. The normalized spacial score (nSPS) is 10.7. The fourth-order valence-electron chi connectivity index (χ4n) is 1.81. The first-order valence-electron chi connectivity index (χ1n) is 6.78. The van der Waals surface area contributed by atoms with Crippen LogP contribution in [0.2, 0.25) is 5.02 Å². The van der Waals surface area contributed by atoms with E-state index in [1.54, 1.807) is 18.2 Å². The molecule has 0 aliphatic heterocycles. The Bertz CT molecular complexity index is 733. The highest BCUT2D eigenvalue weighted by Crippen LogP contribution is 2.26. The van der Waals surface area contributed by atoms with E-state index in [9.17, 15) is 4.39 Å². The van der Waals surface area contributed by atoms with Crippen LogP contribution >= 0.6 is 23.4 Å². The van der Waals surface area contributed by atoms with Gasteiger partial charge in [-0.3, -0.25) is 0 Å². The highest BCUT2D eigenvalue weighted by Gasteiger charge is 2.10. The maximum Gasteiger partial charge on any atom is 0.277 e. The number of hydrogen-bond donors (Lipinski definition) is 0. The Hall–Kier alpha value is -2.05. The molecule has 2 aromatic carbocycles. The second-order valence-corrected chi connectivity index (χ2v) is 5.89. The lowest BCUT2D eigenvalue weighted by atomic mass is 10.2. The summed E-state index contributed by atoms with van der Waals surface area (Å²) >= 11 is 7.47. The maximum atomic E-state index is 13.4. The molecule has 1 aromatic heterocycles. The van der Waals surface area contributed by atoms with Gasteiger partial charge in [-0.2, -0.15) is 0 Å². The van der Waals surface area contributed by atoms with Gasteiger partial charge in [-0.05, 0) is 23.8 Å². The Morgan fingerprint density at radius 1 is 1.09 bits per heavy atom. The number of aromatic nitrogens is 2. The molecule has 7 heteroatoms. The summed E-state index contributed by atoms with van der Waals surface area (Å²) in [5, 5.41) is 8.91. The number of ether oxygens (including phenoxy) is 1. The van der Waals surface area contributed by atoms with E-state index in [4.69, 9.17) is 20.8 Å². The Labute approximate surface area is 141 Å². The van der Waals surface area contributed by atoms with Crippen molar-refractivity contribution in [1.29, 1.82) is 0 Å². The first-order chi connectivity index (χ1) is 11.2. The van der Waals surface area contributed by atoms with Gasteiger partial charge in [0.05, 0.1) is 0 Å². The summed E-state index contributed by atoms with van der Waals surface area (Å²) in [6.45, 7) is 0.0145. The van der Waals surface area contributed by atoms with Gasteiger partial charge in [0.15, 0.2) is 18.2 Å². The summed E-state index contributed by atoms with van der Waals surface area (Å²) in [5.41, 5.74) is 0.988. The zero-order chi connectivity index (χ0) is 16.1. The smallest absolute Gasteiger partial charge is 0.277 e. The molecular formula is C16H12ClFN2O2S. The molecule has 0 saturated carbocycles. The van der Waals surface area contributed by atoms with Crippen molar-refractivity contribution in [3.8, 4) is 5.75 Å². The Kier molecular flexibility index (Phi) is 5.15. The van der Waals surface area contributed by atoms with Crippen molar-refractivity contribution in [2.45, 2.75) is 17.6 Å². The van der Waals surface area contributed by atoms with Crippen LogP contribution in [0.1, 0.15) is 11.5 Å². The molecule has 23 heavy (non-hydrogen) atoms. The van der Waals surface area contributed by atoms with Crippen LogP contribution < -0.4 is 4.74 Å². The standard InChI is InChI=1S/C16H12ClFN2O2S/c17-12-6-2-1-5-11(12)10-23-16-20-19-15(22-16)9-21-14-8-4-3-7-13(14)18/h1-8H,9-10H2. The van der Waals surface area contributed by atoms with E-state index in [0.717, 1.165) is 5.56 Å². The van der Waals surface area contributed by atoms with Gasteiger partial charge in [-0.15, -0.1) is 10.2 Å². The number of halogens is 2. The van der Waals surface area contributed by atoms with Crippen molar-refractivity contribution < 1.29 is 13.5 Å². The lowest BCUT2D eigenvalue weighted by Crippen LogP contribution is -1.97. The van der Waals surface area contributed by atoms with Gasteiger partial charge in [0.25, 0.3) is 11.1 Å². The monoisotopic (exact) mass is 350 g/mol. The molecule has 0 saturated heterocycles. The second-order valence-electron chi connectivity index (χ2n) is 4.56. The predicted molar refractivity (Wildman–Crippen MR) is 86.0 cm³/mol. The van der Waals surface area contributed by atoms with E-state index >= 15 is 0 Å². The van der Waals surface area contributed by atoms with Gasteiger partial charge < -0.3 is 9.15 Å². The van der Waals surface area contributed by atoms with Gasteiger partial charge >= 0.3 is 0 Å². The molecule has 0 radical (unpaired) electrons. The molecule has 3 rings (SSSR count). The highest BCUT2D eigenvalue weighted by molar-refractivity contribution is 7.98. The summed E-state index contributed by atoms with van der Waals surface area (Å²) in [5.74, 6) is 0.626. The van der Waals surface area contributed by atoms with Crippen LogP contribution in [0.15, 0.2) is 58.2 Å². The van der Waals surface area contributed by atoms with Crippen LogP contribution in [-0.2, 0) is 12.4 Å². The highest BCUT2D eigenvalue weighted by atomic mass is 35.5. The summed E-state index contributed by atoms with van der Waals surface area (Å²) in [6.07, 6.45) is 0. The third kappa shape index (κ3) is 4.24. The van der Waals surface area contributed by atoms with Crippen molar-refractivity contribution >= 4 is 23.4 Å². The topological polar surface area (TPSA) is 48.2 Å². The Morgan fingerprint density at radius 2 is 1.87 bits per heavy atom. The molecule has 118 valence electrons. The first-order valence-corrected chi connectivity index (χ1v) is 8.14. The summed E-state index contributed by atoms with van der Waals surface area (Å²) in [6, 6.07) is 13.7. The molecule has 0 atom stereocenters.